The van der Waals surface area contributed by atoms with Crippen molar-refractivity contribution in [1.29, 1.82) is 5.26 Å². The van der Waals surface area contributed by atoms with Crippen molar-refractivity contribution >= 4 is 58.4 Å². The molecule has 2 atom stereocenters. The van der Waals surface area contributed by atoms with Gasteiger partial charge in [-0.05, 0) is 36.8 Å². The Balaban J connectivity index is 1.97. The van der Waals surface area contributed by atoms with Gasteiger partial charge in [0.1, 0.15) is 11.7 Å². The molecule has 0 saturated carbocycles. The molecule has 1 aliphatic rings. The van der Waals surface area contributed by atoms with Gasteiger partial charge in [0.15, 0.2) is 5.75 Å². The van der Waals surface area contributed by atoms with E-state index in [1.165, 1.54) is 19.2 Å². The fourth-order valence-corrected chi connectivity index (χ4v) is 5.25. The molecule has 2 aromatic carbocycles. The summed E-state index contributed by atoms with van der Waals surface area (Å²) in [5, 5.41) is 15.8. The molecule has 0 saturated heterocycles. The normalized spacial score (nSPS) is 16.9. The van der Waals surface area contributed by atoms with Crippen LogP contribution in [-0.4, -0.2) is 44.4 Å². The first-order valence-electron chi connectivity index (χ1n) is 11.0. The van der Waals surface area contributed by atoms with E-state index < -0.39 is 29.6 Å². The molecule has 1 heterocycles. The summed E-state index contributed by atoms with van der Waals surface area (Å²) >= 11 is 13.7. The largest absolute Gasteiger partial charge is 0.495 e. The van der Waals surface area contributed by atoms with Gasteiger partial charge in [-0.15, -0.1) is 0 Å². The minimum Gasteiger partial charge on any atom is -0.495 e. The number of hydrogen-bond acceptors (Lipinski definition) is 8. The molecule has 12 heteroatoms. The molecule has 2 amide bonds. The van der Waals surface area contributed by atoms with Gasteiger partial charge >= 0.3 is 5.97 Å². The first-order chi connectivity index (χ1) is 17.7. The van der Waals surface area contributed by atoms with Gasteiger partial charge < -0.3 is 24.8 Å². The van der Waals surface area contributed by atoms with Crippen LogP contribution in [0.4, 0.5) is 5.69 Å². The number of allylic oxidation sites excluding steroid dienone is 1. The lowest BCUT2D eigenvalue weighted by Gasteiger charge is -2.31. The number of halogens is 2. The smallest absolute Gasteiger partial charge is 0.319 e. The lowest BCUT2D eigenvalue weighted by atomic mass is 9.78. The molecular formula is C25H23Cl2N3O6S. The van der Waals surface area contributed by atoms with E-state index in [0.29, 0.717) is 23.6 Å². The third-order valence-corrected chi connectivity index (χ3v) is 6.96. The summed E-state index contributed by atoms with van der Waals surface area (Å²) < 4.78 is 15.5. The van der Waals surface area contributed by atoms with Crippen LogP contribution in [0.1, 0.15) is 18.4 Å². The lowest BCUT2D eigenvalue weighted by molar-refractivity contribution is -0.150. The zero-order valence-electron chi connectivity index (χ0n) is 20.1. The molecule has 0 fully saturated rings. The molecule has 0 aromatic heterocycles. The number of thioether (sulfide) groups is 1. The van der Waals surface area contributed by atoms with Crippen molar-refractivity contribution in [2.24, 2.45) is 5.92 Å². The molecule has 9 nitrogen and oxygen atoms in total. The minimum atomic E-state index is -1.38. The van der Waals surface area contributed by atoms with Crippen LogP contribution in [0.2, 0.25) is 10.0 Å². The monoisotopic (exact) mass is 563 g/mol. The molecule has 0 spiro atoms. The van der Waals surface area contributed by atoms with Gasteiger partial charge in [-0.1, -0.05) is 47.1 Å². The fraction of sp³-hybridized carbons (Fsp3) is 0.280. The molecular weight excluding hydrogens is 541 g/mol. The van der Waals surface area contributed by atoms with E-state index in [1.807, 2.05) is 0 Å². The summed E-state index contributed by atoms with van der Waals surface area (Å²) in [7, 11) is 2.63. The highest BCUT2D eigenvalue weighted by molar-refractivity contribution is 8.03. The van der Waals surface area contributed by atoms with Gasteiger partial charge in [0.2, 0.25) is 11.8 Å². The Labute approximate surface area is 228 Å². The number of carbonyl (C=O) groups is 3. The summed E-state index contributed by atoms with van der Waals surface area (Å²) in [6, 6.07) is 11.9. The summed E-state index contributed by atoms with van der Waals surface area (Å²) in [6.07, 6.45) is 0. The number of anilines is 1. The number of ether oxygens (including phenoxy) is 3. The number of esters is 1. The second-order valence-electron chi connectivity index (χ2n) is 7.61. The van der Waals surface area contributed by atoms with Gasteiger partial charge in [0, 0.05) is 5.92 Å². The summed E-state index contributed by atoms with van der Waals surface area (Å²) in [5.74, 6) is -3.78. The second kappa shape index (κ2) is 12.7. The van der Waals surface area contributed by atoms with Crippen molar-refractivity contribution in [1.82, 2.24) is 5.32 Å². The van der Waals surface area contributed by atoms with Crippen LogP contribution in [-0.2, 0) is 19.1 Å². The molecule has 0 radical (unpaired) electrons. The van der Waals surface area contributed by atoms with Gasteiger partial charge in [-0.25, -0.2) is 0 Å². The highest BCUT2D eigenvalue weighted by atomic mass is 35.5. The first-order valence-corrected chi connectivity index (χ1v) is 12.7. The fourth-order valence-electron chi connectivity index (χ4n) is 3.79. The standard InChI is InChI=1S/C25H23Cl2N3O6S/c1-4-36-22-15(26)9-13(10-16(22)27)20-14(11-28)24(30-23(32)21(20)25(33)35-3)37-12-19(31)29-17-7-5-6-8-18(17)34-2/h5-10,20-21H,4,12H2,1-3H3,(H,29,31)(H,30,32)/t20-,21+/m0/s1. The van der Waals surface area contributed by atoms with Crippen molar-refractivity contribution in [2.45, 2.75) is 12.8 Å². The molecule has 194 valence electrons. The van der Waals surface area contributed by atoms with Crippen LogP contribution in [0.3, 0.4) is 0 Å². The number of carbonyl (C=O) groups excluding carboxylic acids is 3. The average molecular weight is 564 g/mol. The first kappa shape index (κ1) is 28.2. The number of nitrogens with one attached hydrogen (secondary N) is 2. The summed E-state index contributed by atoms with van der Waals surface area (Å²) in [5.41, 5.74) is 0.873. The molecule has 1 aliphatic heterocycles. The number of amides is 2. The number of rotatable bonds is 9. The van der Waals surface area contributed by atoms with Crippen LogP contribution < -0.4 is 20.1 Å². The Morgan fingerprint density at radius 2 is 1.86 bits per heavy atom. The van der Waals surface area contributed by atoms with Crippen LogP contribution in [0.5, 0.6) is 11.5 Å². The molecule has 2 N–H and O–H groups in total. The maximum absolute atomic E-state index is 13.0. The molecule has 0 bridgehead atoms. The third kappa shape index (κ3) is 6.31. The average Bonchev–Trinajstić information content (AvgIpc) is 2.88. The number of nitrogens with zero attached hydrogens (tertiary/aromatic N) is 1. The maximum Gasteiger partial charge on any atom is 0.319 e. The van der Waals surface area contributed by atoms with Crippen LogP contribution in [0.25, 0.3) is 0 Å². The third-order valence-electron chi connectivity index (χ3n) is 5.38. The van der Waals surface area contributed by atoms with Crippen molar-refractivity contribution in [3.63, 3.8) is 0 Å². The van der Waals surface area contributed by atoms with Gasteiger partial charge in [0.25, 0.3) is 0 Å². The van der Waals surface area contributed by atoms with E-state index in [1.54, 1.807) is 31.2 Å². The number of benzene rings is 2. The molecule has 0 aliphatic carbocycles. The Morgan fingerprint density at radius 1 is 1.19 bits per heavy atom. The van der Waals surface area contributed by atoms with Crippen LogP contribution in [0, 0.1) is 17.2 Å². The van der Waals surface area contributed by atoms with E-state index in [-0.39, 0.29) is 32.1 Å². The zero-order chi connectivity index (χ0) is 27.1. The number of nitriles is 1. The van der Waals surface area contributed by atoms with Crippen LogP contribution in [0.15, 0.2) is 47.0 Å². The van der Waals surface area contributed by atoms with Crippen molar-refractivity contribution in [2.75, 3.05) is 31.9 Å². The number of methoxy groups -OCH3 is 2. The molecule has 2 aromatic rings. The predicted octanol–water partition coefficient (Wildman–Crippen LogP) is 4.51. The summed E-state index contributed by atoms with van der Waals surface area (Å²) in [6.45, 7) is 2.08. The maximum atomic E-state index is 13.0. The Kier molecular flexibility index (Phi) is 9.69. The highest BCUT2D eigenvalue weighted by Gasteiger charge is 2.44. The van der Waals surface area contributed by atoms with E-state index in [0.717, 1.165) is 18.9 Å². The second-order valence-corrected chi connectivity index (χ2v) is 9.41. The van der Waals surface area contributed by atoms with Gasteiger partial charge in [0.05, 0.1) is 59.0 Å². The van der Waals surface area contributed by atoms with Gasteiger partial charge in [-0.3, -0.25) is 14.4 Å². The van der Waals surface area contributed by atoms with Crippen LogP contribution >= 0.6 is 35.0 Å². The SMILES string of the molecule is CCOc1c(Cl)cc([C@H]2C(C#N)=C(SCC(=O)Nc3ccccc3OC)NC(=O)[C@@H]2C(=O)OC)cc1Cl. The highest BCUT2D eigenvalue weighted by Crippen LogP contribution is 2.44. The van der Waals surface area contributed by atoms with E-state index in [2.05, 4.69) is 16.7 Å². The van der Waals surface area contributed by atoms with E-state index in [9.17, 15) is 19.6 Å². The molecule has 3 rings (SSSR count). The Bertz CT molecular complexity index is 1270. The van der Waals surface area contributed by atoms with Crippen molar-refractivity contribution < 1.29 is 28.6 Å². The quantitative estimate of drug-likeness (QED) is 0.337. The van der Waals surface area contributed by atoms with Gasteiger partial charge in [-0.2, -0.15) is 5.26 Å². The molecule has 37 heavy (non-hydrogen) atoms. The van der Waals surface area contributed by atoms with E-state index in [4.69, 9.17) is 37.4 Å². The predicted molar refractivity (Wildman–Crippen MR) is 141 cm³/mol. The minimum absolute atomic E-state index is 0.0568. The topological polar surface area (TPSA) is 127 Å². The zero-order valence-corrected chi connectivity index (χ0v) is 22.4. The number of para-hydroxylation sites is 2. The number of hydrogen-bond donors (Lipinski definition) is 2. The summed E-state index contributed by atoms with van der Waals surface area (Å²) in [4.78, 5) is 38.3. The van der Waals surface area contributed by atoms with Crippen molar-refractivity contribution in [3.8, 4) is 17.6 Å². The Hall–Kier alpha value is -3.39. The Morgan fingerprint density at radius 3 is 2.46 bits per heavy atom. The lowest BCUT2D eigenvalue weighted by Crippen LogP contribution is -2.44. The van der Waals surface area contributed by atoms with E-state index >= 15 is 0 Å². The van der Waals surface area contributed by atoms with Crippen molar-refractivity contribution in [3.05, 3.63) is 62.6 Å². The molecule has 0 unspecified atom stereocenters.